The van der Waals surface area contributed by atoms with Crippen molar-refractivity contribution < 1.29 is 8.78 Å². The van der Waals surface area contributed by atoms with Crippen LogP contribution in [-0.4, -0.2) is 18.0 Å². The average molecular weight is 175 g/mol. The van der Waals surface area contributed by atoms with Gasteiger partial charge in [-0.25, -0.2) is 8.78 Å². The van der Waals surface area contributed by atoms with E-state index in [-0.39, 0.29) is 12.0 Å². The number of nitrogens with one attached hydrogen (secondary N) is 1. The Kier molecular flexibility index (Phi) is 2.07. The highest BCUT2D eigenvalue weighted by Crippen LogP contribution is 2.39. The first kappa shape index (κ1) is 8.42. The molecule has 70 valence electrons. The van der Waals surface area contributed by atoms with Gasteiger partial charge in [-0.3, -0.25) is 0 Å². The summed E-state index contributed by atoms with van der Waals surface area (Å²) in [5.74, 6) is 0. The lowest BCUT2D eigenvalue weighted by Gasteiger charge is -2.34. The molecule has 0 saturated carbocycles. The predicted molar refractivity (Wildman–Crippen MR) is 43.4 cm³/mol. The second kappa shape index (κ2) is 2.95. The van der Waals surface area contributed by atoms with E-state index < -0.39 is 6.43 Å². The molecule has 0 radical (unpaired) electrons. The van der Waals surface area contributed by atoms with Crippen LogP contribution in [0.25, 0.3) is 0 Å². The van der Waals surface area contributed by atoms with E-state index in [2.05, 4.69) is 5.32 Å². The number of rotatable bonds is 2. The van der Waals surface area contributed by atoms with Crippen LogP contribution in [0.15, 0.2) is 0 Å². The smallest absolute Gasteiger partial charge is 0.240 e. The van der Waals surface area contributed by atoms with Gasteiger partial charge in [-0.1, -0.05) is 6.42 Å². The molecule has 2 fully saturated rings. The molecule has 2 rings (SSSR count). The van der Waals surface area contributed by atoms with E-state index in [0.29, 0.717) is 6.04 Å². The van der Waals surface area contributed by atoms with Crippen molar-refractivity contribution in [3.05, 3.63) is 0 Å². The Balaban J connectivity index is 2.00. The van der Waals surface area contributed by atoms with Crippen molar-refractivity contribution in [3.63, 3.8) is 0 Å². The fraction of sp³-hybridized carbons (Fsp3) is 1.00. The molecule has 0 amide bonds. The number of halogens is 2. The number of hydrogen-bond acceptors (Lipinski definition) is 1. The third-order valence-corrected chi connectivity index (χ3v) is 3.23. The van der Waals surface area contributed by atoms with Crippen LogP contribution in [0.5, 0.6) is 0 Å². The van der Waals surface area contributed by atoms with Crippen LogP contribution in [0.1, 0.15) is 38.5 Å². The topological polar surface area (TPSA) is 12.0 Å². The zero-order valence-electron chi connectivity index (χ0n) is 7.15. The Bertz CT molecular complexity index is 168. The molecular formula is C9H15F2N. The molecule has 0 aromatic rings. The van der Waals surface area contributed by atoms with Crippen molar-refractivity contribution in [3.8, 4) is 0 Å². The van der Waals surface area contributed by atoms with Gasteiger partial charge in [0.1, 0.15) is 0 Å². The molecule has 0 aromatic heterocycles. The molecule has 0 aromatic carbocycles. The number of fused-ring (bicyclic) bond motifs is 2. The lowest BCUT2D eigenvalue weighted by Crippen LogP contribution is -2.47. The number of hydrogen-bond donors (Lipinski definition) is 1. The largest absolute Gasteiger partial charge is 0.308 e. The summed E-state index contributed by atoms with van der Waals surface area (Å²) in [5.41, 5.74) is -0.183. The summed E-state index contributed by atoms with van der Waals surface area (Å²) >= 11 is 0. The molecule has 2 atom stereocenters. The molecule has 1 nitrogen and oxygen atoms in total. The molecule has 0 aliphatic carbocycles. The predicted octanol–water partition coefficient (Wildman–Crippen LogP) is 2.32. The van der Waals surface area contributed by atoms with Crippen molar-refractivity contribution in [2.75, 3.05) is 0 Å². The van der Waals surface area contributed by atoms with Gasteiger partial charge in [-0.15, -0.1) is 0 Å². The average Bonchev–Trinajstić information content (AvgIpc) is 2.25. The minimum atomic E-state index is -2.14. The molecule has 0 spiro atoms. The fourth-order valence-electron chi connectivity index (χ4n) is 2.69. The standard InChI is InChI=1S/C9H15F2N/c10-8(11)6-9-4-1-2-7(12-9)3-5-9/h7-8,12H,1-6H2. The van der Waals surface area contributed by atoms with E-state index in [0.717, 1.165) is 25.7 Å². The van der Waals surface area contributed by atoms with Crippen LogP contribution < -0.4 is 5.32 Å². The van der Waals surface area contributed by atoms with Crippen molar-refractivity contribution in [2.24, 2.45) is 0 Å². The molecule has 2 bridgehead atoms. The highest BCUT2D eigenvalue weighted by molar-refractivity contribution is 5.01. The van der Waals surface area contributed by atoms with Gasteiger partial charge in [0.15, 0.2) is 0 Å². The van der Waals surface area contributed by atoms with Crippen LogP contribution in [0.4, 0.5) is 8.78 Å². The SMILES string of the molecule is FC(F)CC12CCCC(CC1)N2. The van der Waals surface area contributed by atoms with E-state index in [1.54, 1.807) is 0 Å². The van der Waals surface area contributed by atoms with Gasteiger partial charge in [-0.05, 0) is 25.7 Å². The number of piperidine rings is 1. The summed E-state index contributed by atoms with van der Waals surface area (Å²) in [6.45, 7) is 0. The van der Waals surface area contributed by atoms with E-state index in [1.165, 1.54) is 6.42 Å². The first-order valence-electron chi connectivity index (χ1n) is 4.76. The van der Waals surface area contributed by atoms with Gasteiger partial charge in [0.25, 0.3) is 0 Å². The van der Waals surface area contributed by atoms with E-state index >= 15 is 0 Å². The van der Waals surface area contributed by atoms with Gasteiger partial charge in [0.2, 0.25) is 6.43 Å². The van der Waals surface area contributed by atoms with E-state index in [9.17, 15) is 8.78 Å². The lowest BCUT2D eigenvalue weighted by molar-refractivity contribution is 0.0857. The maximum absolute atomic E-state index is 12.2. The van der Waals surface area contributed by atoms with Crippen LogP contribution in [0.2, 0.25) is 0 Å². The maximum Gasteiger partial charge on any atom is 0.240 e. The van der Waals surface area contributed by atoms with Crippen LogP contribution >= 0.6 is 0 Å². The molecular weight excluding hydrogens is 160 g/mol. The van der Waals surface area contributed by atoms with Crippen LogP contribution in [-0.2, 0) is 0 Å². The zero-order valence-corrected chi connectivity index (χ0v) is 7.15. The summed E-state index contributed by atoms with van der Waals surface area (Å²) in [7, 11) is 0. The summed E-state index contributed by atoms with van der Waals surface area (Å²) in [6.07, 6.45) is 3.25. The Morgan fingerprint density at radius 2 is 2.17 bits per heavy atom. The highest BCUT2D eigenvalue weighted by atomic mass is 19.3. The molecule has 2 aliphatic rings. The summed E-state index contributed by atoms with van der Waals surface area (Å²) in [5, 5.41) is 3.36. The van der Waals surface area contributed by atoms with Crippen molar-refractivity contribution >= 4 is 0 Å². The van der Waals surface area contributed by atoms with Crippen LogP contribution in [0, 0.1) is 0 Å². The zero-order chi connectivity index (χ0) is 8.60. The molecule has 2 heterocycles. The Morgan fingerprint density at radius 3 is 2.92 bits per heavy atom. The summed E-state index contributed by atoms with van der Waals surface area (Å²) in [4.78, 5) is 0. The van der Waals surface area contributed by atoms with E-state index in [1.807, 2.05) is 0 Å². The number of alkyl halides is 2. The van der Waals surface area contributed by atoms with Gasteiger partial charge < -0.3 is 5.32 Å². The third kappa shape index (κ3) is 1.47. The maximum atomic E-state index is 12.2. The van der Waals surface area contributed by atoms with Crippen molar-refractivity contribution in [2.45, 2.75) is 56.5 Å². The third-order valence-electron chi connectivity index (χ3n) is 3.23. The quantitative estimate of drug-likeness (QED) is 0.679. The fourth-order valence-corrected chi connectivity index (χ4v) is 2.69. The first-order valence-corrected chi connectivity index (χ1v) is 4.76. The second-order valence-electron chi connectivity index (χ2n) is 4.15. The molecule has 2 unspecified atom stereocenters. The Labute approximate surface area is 71.5 Å². The van der Waals surface area contributed by atoms with Crippen molar-refractivity contribution in [1.82, 2.24) is 5.32 Å². The van der Waals surface area contributed by atoms with Crippen molar-refractivity contribution in [1.29, 1.82) is 0 Å². The first-order chi connectivity index (χ1) is 5.70. The normalized spacial score (nSPS) is 40.8. The summed E-state index contributed by atoms with van der Waals surface area (Å²) in [6, 6.07) is 0.539. The molecule has 3 heteroatoms. The lowest BCUT2D eigenvalue weighted by atomic mass is 9.87. The van der Waals surface area contributed by atoms with Crippen LogP contribution in [0.3, 0.4) is 0 Å². The minimum Gasteiger partial charge on any atom is -0.308 e. The second-order valence-corrected chi connectivity index (χ2v) is 4.15. The monoisotopic (exact) mass is 175 g/mol. The van der Waals surface area contributed by atoms with E-state index in [4.69, 9.17) is 0 Å². The molecule has 2 saturated heterocycles. The van der Waals surface area contributed by atoms with Gasteiger partial charge in [-0.2, -0.15) is 0 Å². The Morgan fingerprint density at radius 1 is 1.33 bits per heavy atom. The van der Waals surface area contributed by atoms with Gasteiger partial charge >= 0.3 is 0 Å². The Hall–Kier alpha value is -0.180. The van der Waals surface area contributed by atoms with Gasteiger partial charge in [0, 0.05) is 18.0 Å². The van der Waals surface area contributed by atoms with Gasteiger partial charge in [0.05, 0.1) is 0 Å². The molecule has 12 heavy (non-hydrogen) atoms. The minimum absolute atomic E-state index is 0.0590. The molecule has 2 aliphatic heterocycles. The summed E-state index contributed by atoms with van der Waals surface area (Å²) < 4.78 is 24.5. The highest BCUT2D eigenvalue weighted by Gasteiger charge is 2.42. The molecule has 1 N–H and O–H groups in total.